The standard InChI is InChI=1S/C45H57N6O16P/c1-4-26(2)39(45(62)63)51-41(58)33(20-22-38(55)56)47-40(57)32(19-21-37(53)54)48-43(60)36(25-30-15-17-31(18-16-30)67-68(64,65)66)50-44(61)35(24-29-13-9-6-10-14-29)49-42(59)34(46-27(3)52)23-28-11-7-5-8-12-28/h5-18,26,32-36,39H,4,19-25H2,1-3H3,(H,46,52)(H,47,57)(H,48,60)(H,49,59)(H,50,61)(H,51,58)(H,53,54)(H,55,56)(H,62,63)(H2,64,65,66)/t26-,32-,33-,34-,35-,36-,39-/m0/s1. The fourth-order valence-electron chi connectivity index (χ4n) is 6.73. The molecule has 3 rings (SSSR count). The largest absolute Gasteiger partial charge is 0.524 e. The van der Waals surface area contributed by atoms with Crippen molar-refractivity contribution in [3.05, 3.63) is 102 Å². The zero-order valence-corrected chi connectivity index (χ0v) is 38.3. The quantitative estimate of drug-likeness (QED) is 0.0452. The molecule has 0 aliphatic heterocycles. The summed E-state index contributed by atoms with van der Waals surface area (Å²) in [6, 6.07) is 13.0. The molecule has 3 aromatic rings. The molecule has 0 spiro atoms. The monoisotopic (exact) mass is 968 g/mol. The predicted octanol–water partition coefficient (Wildman–Crippen LogP) is 0.975. The van der Waals surface area contributed by atoms with Crippen LogP contribution in [-0.4, -0.2) is 115 Å². The van der Waals surface area contributed by atoms with E-state index in [1.807, 2.05) is 0 Å². The van der Waals surface area contributed by atoms with Crippen LogP contribution < -0.4 is 36.4 Å². The number of carboxylic acid groups (broad SMARTS) is 3. The molecule has 22 nitrogen and oxygen atoms in total. The maximum Gasteiger partial charge on any atom is 0.524 e. The van der Waals surface area contributed by atoms with Gasteiger partial charge < -0.3 is 51.7 Å². The molecular weight excluding hydrogens is 911 g/mol. The molecule has 11 N–H and O–H groups in total. The third-order valence-corrected chi connectivity index (χ3v) is 10.9. The fraction of sp³-hybridized carbons (Fsp3) is 0.400. The van der Waals surface area contributed by atoms with Crippen molar-refractivity contribution >= 4 is 61.2 Å². The summed E-state index contributed by atoms with van der Waals surface area (Å²) in [6.07, 6.45) is -2.71. The zero-order chi connectivity index (χ0) is 50.6. The maximum absolute atomic E-state index is 14.4. The highest BCUT2D eigenvalue weighted by Crippen LogP contribution is 2.37. The topological polar surface area (TPSA) is 353 Å². The second-order valence-corrected chi connectivity index (χ2v) is 17.0. The van der Waals surface area contributed by atoms with Crippen molar-refractivity contribution in [1.29, 1.82) is 0 Å². The van der Waals surface area contributed by atoms with E-state index in [9.17, 15) is 72.8 Å². The van der Waals surface area contributed by atoms with Gasteiger partial charge >= 0.3 is 25.7 Å². The number of hydrogen-bond acceptors (Lipinski definition) is 11. The van der Waals surface area contributed by atoms with Gasteiger partial charge in [-0.25, -0.2) is 9.36 Å². The minimum absolute atomic E-state index is 0.0370. The first kappa shape index (κ1) is 55.2. The van der Waals surface area contributed by atoms with Crippen molar-refractivity contribution in [2.75, 3.05) is 0 Å². The van der Waals surface area contributed by atoms with Crippen LogP contribution in [0.15, 0.2) is 84.9 Å². The van der Waals surface area contributed by atoms with Gasteiger partial charge in [0.15, 0.2) is 0 Å². The van der Waals surface area contributed by atoms with Gasteiger partial charge in [-0.2, -0.15) is 0 Å². The lowest BCUT2D eigenvalue weighted by Crippen LogP contribution is -2.60. The average molecular weight is 969 g/mol. The van der Waals surface area contributed by atoms with Gasteiger partial charge in [-0.3, -0.25) is 48.1 Å². The summed E-state index contributed by atoms with van der Waals surface area (Å²) in [5.74, 6) is -10.6. The maximum atomic E-state index is 14.4. The lowest BCUT2D eigenvalue weighted by molar-refractivity contribution is -0.144. The van der Waals surface area contributed by atoms with E-state index in [1.165, 1.54) is 31.2 Å². The Bertz CT molecular complexity index is 2280. The number of rotatable bonds is 28. The minimum atomic E-state index is -4.97. The van der Waals surface area contributed by atoms with Gasteiger partial charge in [0.2, 0.25) is 35.4 Å². The Morgan fingerprint density at radius 2 is 0.882 bits per heavy atom. The van der Waals surface area contributed by atoms with Crippen molar-refractivity contribution in [3.8, 4) is 5.75 Å². The fourth-order valence-corrected chi connectivity index (χ4v) is 7.13. The van der Waals surface area contributed by atoms with Crippen molar-refractivity contribution in [1.82, 2.24) is 31.9 Å². The van der Waals surface area contributed by atoms with Gasteiger partial charge in [0.25, 0.3) is 0 Å². The molecule has 0 aromatic heterocycles. The lowest BCUT2D eigenvalue weighted by Gasteiger charge is -2.28. The van der Waals surface area contributed by atoms with Crippen LogP contribution in [0, 0.1) is 5.92 Å². The molecule has 0 saturated carbocycles. The number of carbonyl (C=O) groups is 9. The molecular formula is C45H57N6O16P. The molecule has 6 amide bonds. The number of hydrogen-bond donors (Lipinski definition) is 11. The van der Waals surface area contributed by atoms with E-state index in [2.05, 4.69) is 36.4 Å². The first-order valence-corrected chi connectivity index (χ1v) is 22.9. The number of phosphoric acid groups is 1. The first-order chi connectivity index (χ1) is 32.0. The molecule has 0 aliphatic rings. The molecule has 0 unspecified atom stereocenters. The number of carbonyl (C=O) groups excluding carboxylic acids is 6. The van der Waals surface area contributed by atoms with E-state index in [-0.39, 0.29) is 24.2 Å². The molecule has 0 fully saturated rings. The van der Waals surface area contributed by atoms with Gasteiger partial charge in [-0.05, 0) is 47.6 Å². The molecule has 23 heteroatoms. The van der Waals surface area contributed by atoms with Crippen molar-refractivity contribution < 1.29 is 77.3 Å². The summed E-state index contributed by atoms with van der Waals surface area (Å²) >= 11 is 0. The Hall–Kier alpha value is -7.16. The van der Waals surface area contributed by atoms with Gasteiger partial charge in [0.1, 0.15) is 42.0 Å². The highest BCUT2D eigenvalue weighted by molar-refractivity contribution is 7.46. The highest BCUT2D eigenvalue weighted by atomic mass is 31.2. The van der Waals surface area contributed by atoms with Crippen molar-refractivity contribution in [2.45, 2.75) is 108 Å². The molecule has 0 bridgehead atoms. The average Bonchev–Trinajstić information content (AvgIpc) is 3.27. The minimum Gasteiger partial charge on any atom is -0.481 e. The van der Waals surface area contributed by atoms with Crippen molar-refractivity contribution in [2.24, 2.45) is 5.92 Å². The molecule has 7 atom stereocenters. The van der Waals surface area contributed by atoms with Gasteiger partial charge in [0.05, 0.1) is 0 Å². The zero-order valence-electron chi connectivity index (χ0n) is 37.5. The Balaban J connectivity index is 2.04. The normalized spacial score (nSPS) is 14.2. The molecule has 0 radical (unpaired) electrons. The summed E-state index contributed by atoms with van der Waals surface area (Å²) in [7, 11) is -4.97. The van der Waals surface area contributed by atoms with Gasteiger partial charge in [-0.15, -0.1) is 0 Å². The SMILES string of the molecule is CC[C@H](C)[C@H](NC(=O)[C@H](CCC(=O)O)NC(=O)[C@H](CCC(=O)O)NC(=O)[C@H](Cc1ccc(OP(=O)(O)O)cc1)NC(=O)[C@H](Cc1ccccc1)NC(=O)[C@H](Cc1ccccc1)NC(C)=O)C(=O)O. The van der Waals surface area contributed by atoms with E-state index < -0.39 is 135 Å². The molecule has 68 heavy (non-hydrogen) atoms. The van der Waals surface area contributed by atoms with Crippen LogP contribution in [0.25, 0.3) is 0 Å². The molecule has 0 aliphatic carbocycles. The Morgan fingerprint density at radius 3 is 1.24 bits per heavy atom. The predicted molar refractivity (Wildman–Crippen MR) is 241 cm³/mol. The number of benzene rings is 3. The van der Waals surface area contributed by atoms with E-state index >= 15 is 0 Å². The summed E-state index contributed by atoms with van der Waals surface area (Å²) in [5.41, 5.74) is 1.51. The summed E-state index contributed by atoms with van der Waals surface area (Å²) in [5, 5.41) is 43.5. The van der Waals surface area contributed by atoms with Crippen LogP contribution in [0.2, 0.25) is 0 Å². The third-order valence-electron chi connectivity index (χ3n) is 10.4. The second-order valence-electron chi connectivity index (χ2n) is 15.9. The van der Waals surface area contributed by atoms with Crippen LogP contribution in [0.1, 0.15) is 69.6 Å². The molecule has 0 heterocycles. The third kappa shape index (κ3) is 19.7. The summed E-state index contributed by atoms with van der Waals surface area (Å²) in [6.45, 7) is 4.44. The van der Waals surface area contributed by atoms with E-state index in [0.29, 0.717) is 17.5 Å². The van der Waals surface area contributed by atoms with Gasteiger partial charge in [0, 0.05) is 39.0 Å². The summed E-state index contributed by atoms with van der Waals surface area (Å²) in [4.78, 5) is 136. The van der Waals surface area contributed by atoms with Crippen LogP contribution in [0.4, 0.5) is 0 Å². The molecule has 368 valence electrons. The second kappa shape index (κ2) is 26.9. The number of phosphoric ester groups is 1. The number of carboxylic acids is 3. The van der Waals surface area contributed by atoms with Gasteiger partial charge in [-0.1, -0.05) is 93.1 Å². The van der Waals surface area contributed by atoms with E-state index in [4.69, 9.17) is 0 Å². The van der Waals surface area contributed by atoms with Crippen LogP contribution in [0.5, 0.6) is 5.75 Å². The highest BCUT2D eigenvalue weighted by Gasteiger charge is 2.35. The number of aliphatic carboxylic acids is 3. The van der Waals surface area contributed by atoms with Crippen molar-refractivity contribution in [3.63, 3.8) is 0 Å². The Kier molecular flexibility index (Phi) is 21.8. The lowest BCUT2D eigenvalue weighted by atomic mass is 9.98. The summed E-state index contributed by atoms with van der Waals surface area (Å²) < 4.78 is 16.1. The Labute approximate surface area is 391 Å². The van der Waals surface area contributed by atoms with Crippen LogP contribution >= 0.6 is 7.82 Å². The number of nitrogens with one attached hydrogen (secondary N) is 6. The Morgan fingerprint density at radius 1 is 0.529 bits per heavy atom. The van der Waals surface area contributed by atoms with Crippen LogP contribution in [-0.2, 0) is 67.0 Å². The smallest absolute Gasteiger partial charge is 0.481 e. The molecule has 3 aromatic carbocycles. The van der Waals surface area contributed by atoms with E-state index in [1.54, 1.807) is 74.5 Å². The van der Waals surface area contributed by atoms with Crippen LogP contribution in [0.3, 0.4) is 0 Å². The number of amides is 6. The molecule has 0 saturated heterocycles. The van der Waals surface area contributed by atoms with E-state index in [0.717, 1.165) is 0 Å². The first-order valence-electron chi connectivity index (χ1n) is 21.4.